The summed E-state index contributed by atoms with van der Waals surface area (Å²) in [5.41, 5.74) is 1.92. The summed E-state index contributed by atoms with van der Waals surface area (Å²) in [5.74, 6) is 0.633. The highest BCUT2D eigenvalue weighted by Crippen LogP contribution is 2.24. The van der Waals surface area contributed by atoms with Crippen molar-refractivity contribution < 1.29 is 9.53 Å². The van der Waals surface area contributed by atoms with Crippen molar-refractivity contribution in [2.24, 2.45) is 7.05 Å². The van der Waals surface area contributed by atoms with Crippen molar-refractivity contribution >= 4 is 23.2 Å². The lowest BCUT2D eigenvalue weighted by molar-refractivity contribution is 0.0499. The van der Waals surface area contributed by atoms with E-state index in [9.17, 15) is 14.4 Å². The number of nitrogens with one attached hydrogen (secondary N) is 1. The number of aryl methyl sites for hydroxylation is 2. The average molecular weight is 565 g/mol. The Bertz CT molecular complexity index is 1510. The minimum atomic E-state index is -0.582. The van der Waals surface area contributed by atoms with Crippen molar-refractivity contribution in [1.29, 1.82) is 0 Å². The lowest BCUT2D eigenvalue weighted by Crippen LogP contribution is -2.49. The van der Waals surface area contributed by atoms with Crippen LogP contribution in [0.2, 0.25) is 0 Å². The summed E-state index contributed by atoms with van der Waals surface area (Å²) in [6.45, 7) is 11.7. The molecule has 1 amide bonds. The third kappa shape index (κ3) is 7.48. The molecule has 3 heterocycles. The number of carbonyl (C=O) groups excluding carboxylic acids is 1. The molecule has 0 saturated carbocycles. The lowest BCUT2D eigenvalue weighted by Gasteiger charge is -2.34. The highest BCUT2D eigenvalue weighted by molar-refractivity contribution is 5.75. The van der Waals surface area contributed by atoms with Gasteiger partial charge in [-0.2, -0.15) is 4.98 Å². The number of hydrogen-bond acceptors (Lipinski definition) is 6. The van der Waals surface area contributed by atoms with Gasteiger partial charge in [-0.25, -0.2) is 9.59 Å². The van der Waals surface area contributed by atoms with Gasteiger partial charge < -0.3 is 19.5 Å². The van der Waals surface area contributed by atoms with Crippen LogP contribution in [0.3, 0.4) is 0 Å². The molecule has 10 nitrogen and oxygen atoms in total. The number of piperidine rings is 1. The van der Waals surface area contributed by atoms with E-state index < -0.39 is 11.7 Å². The largest absolute Gasteiger partial charge is 0.444 e. The Morgan fingerprint density at radius 1 is 1.12 bits per heavy atom. The summed E-state index contributed by atoms with van der Waals surface area (Å²) in [6, 6.07) is 10.2. The van der Waals surface area contributed by atoms with E-state index in [1.54, 1.807) is 4.57 Å². The Balaban J connectivity index is 1.67. The van der Waals surface area contributed by atoms with Gasteiger partial charge in [-0.05, 0) is 72.3 Å². The summed E-state index contributed by atoms with van der Waals surface area (Å²) in [6.07, 6.45) is 5.89. The minimum Gasteiger partial charge on any atom is -0.444 e. The summed E-state index contributed by atoms with van der Waals surface area (Å²) < 4.78 is 10.2. The molecule has 0 spiro atoms. The molecule has 0 aliphatic carbocycles. The van der Waals surface area contributed by atoms with Gasteiger partial charge in [0.15, 0.2) is 11.2 Å². The number of fused-ring (bicyclic) bond motifs is 1. The molecule has 10 heteroatoms. The topological polar surface area (TPSA) is 103 Å². The number of amides is 1. The van der Waals surface area contributed by atoms with Gasteiger partial charge in [0.1, 0.15) is 5.60 Å². The van der Waals surface area contributed by atoms with Gasteiger partial charge in [0.2, 0.25) is 5.95 Å². The van der Waals surface area contributed by atoms with E-state index in [-0.39, 0.29) is 17.3 Å². The summed E-state index contributed by atoms with van der Waals surface area (Å²) in [4.78, 5) is 46.3. The highest BCUT2D eigenvalue weighted by Gasteiger charge is 2.29. The van der Waals surface area contributed by atoms with Crippen molar-refractivity contribution in [3.8, 4) is 0 Å². The van der Waals surface area contributed by atoms with Crippen molar-refractivity contribution in [3.63, 3.8) is 0 Å². The van der Waals surface area contributed by atoms with E-state index in [0.717, 1.165) is 44.2 Å². The van der Waals surface area contributed by atoms with E-state index in [0.29, 0.717) is 36.7 Å². The average Bonchev–Trinajstić information content (AvgIpc) is 3.29. The molecule has 222 valence electrons. The molecule has 1 atom stereocenters. The Kier molecular flexibility index (Phi) is 9.40. The molecule has 1 aliphatic rings. The first-order valence-electron chi connectivity index (χ1n) is 14.6. The van der Waals surface area contributed by atoms with Gasteiger partial charge in [0.05, 0.1) is 0 Å². The van der Waals surface area contributed by atoms with Gasteiger partial charge in [-0.1, -0.05) is 42.0 Å². The van der Waals surface area contributed by atoms with Crippen LogP contribution in [0.1, 0.15) is 65.9 Å². The Hall–Kier alpha value is -3.82. The second-order valence-corrected chi connectivity index (χ2v) is 12.1. The van der Waals surface area contributed by atoms with Gasteiger partial charge >= 0.3 is 11.8 Å². The van der Waals surface area contributed by atoms with Crippen molar-refractivity contribution in [2.45, 2.75) is 91.5 Å². The molecular formula is C31H44N6O4. The van der Waals surface area contributed by atoms with Gasteiger partial charge in [0, 0.05) is 39.3 Å². The zero-order valence-electron chi connectivity index (χ0n) is 25.3. The number of aromatic nitrogens is 4. The number of ether oxygens (including phenoxy) is 1. The van der Waals surface area contributed by atoms with Gasteiger partial charge in [0.25, 0.3) is 5.56 Å². The molecule has 4 rings (SSSR count). The standard InChI is InChI=1S/C31H44N6O4/c1-22(2)17-20-36-25-26(33-28(36)35-18-12-16-24(21-35)32-29(39)41-31(3,4)5)37(30(40)34(6)27(25)38)19-11-10-15-23-13-8-7-9-14-23/h7-9,13-14,17,24H,10-12,15-16,18-21H2,1-6H3,(H,32,39). The molecule has 0 radical (unpaired) electrons. The van der Waals surface area contributed by atoms with E-state index in [2.05, 4.69) is 28.4 Å². The number of alkyl carbamates (subject to hydrolysis) is 1. The van der Waals surface area contributed by atoms with Crippen molar-refractivity contribution in [3.05, 3.63) is 68.4 Å². The maximum Gasteiger partial charge on any atom is 0.407 e. The first-order valence-corrected chi connectivity index (χ1v) is 14.6. The number of rotatable bonds is 9. The number of benzene rings is 1. The smallest absolute Gasteiger partial charge is 0.407 e. The summed E-state index contributed by atoms with van der Waals surface area (Å²) in [5, 5.41) is 2.99. The zero-order chi connectivity index (χ0) is 29.7. The molecule has 1 N–H and O–H groups in total. The minimum absolute atomic E-state index is 0.127. The third-order valence-electron chi connectivity index (χ3n) is 7.26. The van der Waals surface area contributed by atoms with E-state index >= 15 is 0 Å². The van der Waals surface area contributed by atoms with Crippen LogP contribution < -0.4 is 21.5 Å². The maximum absolute atomic E-state index is 13.5. The fourth-order valence-corrected chi connectivity index (χ4v) is 5.23. The van der Waals surface area contributed by atoms with Crippen LogP contribution in [-0.4, -0.2) is 49.5 Å². The molecule has 1 fully saturated rings. The number of allylic oxidation sites excluding steroid dienone is 2. The van der Waals surface area contributed by atoms with Crippen LogP contribution >= 0.6 is 0 Å². The van der Waals surface area contributed by atoms with Crippen molar-refractivity contribution in [2.75, 3.05) is 18.0 Å². The normalized spacial score (nSPS) is 15.7. The lowest BCUT2D eigenvalue weighted by atomic mass is 10.1. The predicted octanol–water partition coefficient (Wildman–Crippen LogP) is 4.38. The third-order valence-corrected chi connectivity index (χ3v) is 7.26. The first-order chi connectivity index (χ1) is 19.4. The SMILES string of the molecule is CC(C)=CCn1c(N2CCCC(NC(=O)OC(C)(C)C)C2)nc2c1c(=O)n(C)c(=O)n2CCCCc1ccccc1. The quantitative estimate of drug-likeness (QED) is 0.306. The number of unbranched alkanes of at least 4 members (excludes halogenated alkanes) is 1. The fourth-order valence-electron chi connectivity index (χ4n) is 5.23. The summed E-state index contributed by atoms with van der Waals surface area (Å²) in [7, 11) is 1.53. The number of imidazole rings is 1. The maximum atomic E-state index is 13.5. The number of carbonyl (C=O) groups is 1. The molecule has 41 heavy (non-hydrogen) atoms. The van der Waals surface area contributed by atoms with E-state index in [1.807, 2.05) is 57.4 Å². The Labute approximate surface area is 241 Å². The Morgan fingerprint density at radius 2 is 1.85 bits per heavy atom. The predicted molar refractivity (Wildman–Crippen MR) is 163 cm³/mol. The summed E-state index contributed by atoms with van der Waals surface area (Å²) >= 11 is 0. The molecule has 3 aromatic rings. The molecule has 0 bridgehead atoms. The van der Waals surface area contributed by atoms with Crippen LogP contribution in [-0.2, 0) is 31.3 Å². The zero-order valence-corrected chi connectivity index (χ0v) is 25.3. The monoisotopic (exact) mass is 564 g/mol. The number of nitrogens with zero attached hydrogens (tertiary/aromatic N) is 5. The molecule has 1 unspecified atom stereocenters. The molecule has 1 saturated heterocycles. The Morgan fingerprint density at radius 3 is 2.54 bits per heavy atom. The van der Waals surface area contributed by atoms with Gasteiger partial charge in [-0.3, -0.25) is 13.9 Å². The van der Waals surface area contributed by atoms with Crippen molar-refractivity contribution in [1.82, 2.24) is 24.0 Å². The number of anilines is 1. The fraction of sp³-hybridized carbons (Fsp3) is 0.548. The second-order valence-electron chi connectivity index (χ2n) is 12.1. The van der Waals surface area contributed by atoms with Gasteiger partial charge in [-0.15, -0.1) is 0 Å². The second kappa shape index (κ2) is 12.8. The molecule has 1 aromatic carbocycles. The molecule has 1 aliphatic heterocycles. The van der Waals surface area contributed by atoms with Crippen LogP contribution in [0, 0.1) is 0 Å². The van der Waals surface area contributed by atoms with Crippen LogP contribution in [0.4, 0.5) is 10.7 Å². The van der Waals surface area contributed by atoms with E-state index in [4.69, 9.17) is 9.72 Å². The highest BCUT2D eigenvalue weighted by atomic mass is 16.6. The number of hydrogen-bond donors (Lipinski definition) is 1. The van der Waals surface area contributed by atoms with Crippen LogP contribution in [0.15, 0.2) is 51.6 Å². The molecular weight excluding hydrogens is 520 g/mol. The first kappa shape index (κ1) is 30.1. The van der Waals surface area contributed by atoms with Crippen LogP contribution in [0.5, 0.6) is 0 Å². The molecule has 2 aromatic heterocycles. The van der Waals surface area contributed by atoms with E-state index in [1.165, 1.54) is 17.2 Å². The van der Waals surface area contributed by atoms with Crippen LogP contribution in [0.25, 0.3) is 11.2 Å².